The van der Waals surface area contributed by atoms with Crippen LogP contribution in [0.25, 0.3) is 22.3 Å². The van der Waals surface area contributed by atoms with Crippen molar-refractivity contribution in [2.45, 2.75) is 25.8 Å². The van der Waals surface area contributed by atoms with Gasteiger partial charge in [0, 0.05) is 23.3 Å². The zero-order valence-electron chi connectivity index (χ0n) is 15.3. The number of allylic oxidation sites excluding steroid dienone is 3. The van der Waals surface area contributed by atoms with Gasteiger partial charge in [-0.15, -0.1) is 0 Å². The third-order valence-electron chi connectivity index (χ3n) is 4.37. The predicted octanol–water partition coefficient (Wildman–Crippen LogP) is 4.74. The number of nitrogens with zero attached hydrogens (tertiary/aromatic N) is 3. The Bertz CT molecular complexity index is 982. The van der Waals surface area contributed by atoms with Crippen molar-refractivity contribution in [1.82, 2.24) is 15.0 Å². The van der Waals surface area contributed by atoms with Crippen LogP contribution in [0, 0.1) is 0 Å². The molecule has 0 saturated heterocycles. The molecule has 27 heavy (non-hydrogen) atoms. The highest BCUT2D eigenvalue weighted by Gasteiger charge is 2.12. The summed E-state index contributed by atoms with van der Waals surface area (Å²) in [5, 5.41) is 4.48. The molecule has 4 rings (SSSR count). The van der Waals surface area contributed by atoms with Crippen molar-refractivity contribution in [3.05, 3.63) is 72.8 Å². The van der Waals surface area contributed by atoms with E-state index in [4.69, 9.17) is 14.7 Å². The lowest BCUT2D eigenvalue weighted by Crippen LogP contribution is -2.22. The number of hydrogen-bond acceptors (Lipinski definition) is 5. The Kier molecular flexibility index (Phi) is 5.10. The summed E-state index contributed by atoms with van der Waals surface area (Å²) >= 11 is 0. The van der Waals surface area contributed by atoms with Gasteiger partial charge in [-0.05, 0) is 56.2 Å². The van der Waals surface area contributed by atoms with Crippen LogP contribution in [-0.4, -0.2) is 27.6 Å². The van der Waals surface area contributed by atoms with Crippen molar-refractivity contribution >= 4 is 16.7 Å². The van der Waals surface area contributed by atoms with Crippen molar-refractivity contribution < 1.29 is 4.74 Å². The molecule has 1 aliphatic rings. The van der Waals surface area contributed by atoms with Crippen LogP contribution in [0.2, 0.25) is 0 Å². The van der Waals surface area contributed by atoms with Gasteiger partial charge in [-0.25, -0.2) is 9.97 Å². The Hall–Kier alpha value is -3.21. The van der Waals surface area contributed by atoms with Crippen molar-refractivity contribution in [3.63, 3.8) is 0 Å². The Morgan fingerprint density at radius 1 is 1.11 bits per heavy atom. The number of anilines is 1. The molecule has 1 aliphatic carbocycles. The molecule has 5 nitrogen and oxygen atoms in total. The normalized spacial score (nSPS) is 14.6. The fourth-order valence-electron chi connectivity index (χ4n) is 3.00. The highest BCUT2D eigenvalue weighted by atomic mass is 16.5. The number of pyridine rings is 1. The number of fused-ring (bicyclic) bond motifs is 1. The quantitative estimate of drug-likeness (QED) is 0.689. The molecule has 0 saturated carbocycles. The van der Waals surface area contributed by atoms with Gasteiger partial charge >= 0.3 is 0 Å². The molecule has 0 aliphatic heterocycles. The van der Waals surface area contributed by atoms with Gasteiger partial charge in [0.05, 0.1) is 11.6 Å². The molecule has 136 valence electrons. The van der Waals surface area contributed by atoms with Gasteiger partial charge < -0.3 is 10.1 Å². The Labute approximate surface area is 158 Å². The average Bonchev–Trinajstić information content (AvgIpc) is 2.73. The first-order valence-corrected chi connectivity index (χ1v) is 9.23. The van der Waals surface area contributed by atoms with E-state index in [1.807, 2.05) is 42.5 Å². The zero-order valence-corrected chi connectivity index (χ0v) is 15.3. The largest absolute Gasteiger partial charge is 0.492 e. The number of ether oxygens (including phenoxy) is 1. The van der Waals surface area contributed by atoms with Crippen LogP contribution in [0.5, 0.6) is 0 Å². The maximum absolute atomic E-state index is 5.90. The highest BCUT2D eigenvalue weighted by Crippen LogP contribution is 2.25. The van der Waals surface area contributed by atoms with E-state index >= 15 is 0 Å². The van der Waals surface area contributed by atoms with Crippen LogP contribution >= 0.6 is 0 Å². The van der Waals surface area contributed by atoms with Gasteiger partial charge in [0.1, 0.15) is 18.2 Å². The molecule has 1 N–H and O–H groups in total. The van der Waals surface area contributed by atoms with Gasteiger partial charge in [0.25, 0.3) is 0 Å². The first kappa shape index (κ1) is 17.2. The lowest BCUT2D eigenvalue weighted by molar-refractivity contribution is 0.213. The van der Waals surface area contributed by atoms with Crippen LogP contribution < -0.4 is 5.32 Å². The maximum atomic E-state index is 5.90. The second-order valence-electron chi connectivity index (χ2n) is 6.60. The van der Waals surface area contributed by atoms with Gasteiger partial charge in [0.2, 0.25) is 0 Å². The summed E-state index contributed by atoms with van der Waals surface area (Å²) in [7, 11) is 0. The molecule has 2 aromatic heterocycles. The summed E-state index contributed by atoms with van der Waals surface area (Å²) in [5.74, 6) is 2.41. The van der Waals surface area contributed by atoms with Crippen molar-refractivity contribution in [2.24, 2.45) is 0 Å². The minimum absolute atomic E-state index is 0.0984. The Morgan fingerprint density at radius 2 is 2.04 bits per heavy atom. The van der Waals surface area contributed by atoms with Crippen molar-refractivity contribution in [2.75, 3.05) is 11.9 Å². The summed E-state index contributed by atoms with van der Waals surface area (Å²) < 4.78 is 5.90. The maximum Gasteiger partial charge on any atom is 0.163 e. The van der Waals surface area contributed by atoms with E-state index in [9.17, 15) is 0 Å². The van der Waals surface area contributed by atoms with E-state index in [2.05, 4.69) is 29.4 Å². The average molecular weight is 358 g/mol. The first-order chi connectivity index (χ1) is 13.3. The zero-order chi connectivity index (χ0) is 18.5. The molecule has 0 spiro atoms. The van der Waals surface area contributed by atoms with Crippen LogP contribution in [0.4, 0.5) is 5.82 Å². The minimum atomic E-state index is 0.0984. The molecule has 2 heterocycles. The number of para-hydroxylation sites is 1. The molecule has 1 atom stereocenters. The SMILES string of the molecule is CC(COC1=CCCC=C1)Nc1nc(-c2cccnc2)nc2ccccc12. The van der Waals surface area contributed by atoms with Gasteiger partial charge in [-0.1, -0.05) is 18.2 Å². The summed E-state index contributed by atoms with van der Waals surface area (Å²) in [6.45, 7) is 2.66. The van der Waals surface area contributed by atoms with E-state index in [0.29, 0.717) is 12.4 Å². The van der Waals surface area contributed by atoms with E-state index in [1.165, 1.54) is 0 Å². The Balaban J connectivity index is 1.58. The van der Waals surface area contributed by atoms with Gasteiger partial charge in [0.15, 0.2) is 5.82 Å². The monoisotopic (exact) mass is 358 g/mol. The molecule has 1 aromatic carbocycles. The van der Waals surface area contributed by atoms with Crippen LogP contribution in [0.15, 0.2) is 72.8 Å². The topological polar surface area (TPSA) is 59.9 Å². The number of benzene rings is 1. The summed E-state index contributed by atoms with van der Waals surface area (Å²) in [6.07, 6.45) is 12.0. The fourth-order valence-corrected chi connectivity index (χ4v) is 3.00. The smallest absolute Gasteiger partial charge is 0.163 e. The van der Waals surface area contributed by atoms with Crippen LogP contribution in [0.1, 0.15) is 19.8 Å². The van der Waals surface area contributed by atoms with Crippen molar-refractivity contribution in [3.8, 4) is 11.4 Å². The van der Waals surface area contributed by atoms with Crippen LogP contribution in [0.3, 0.4) is 0 Å². The number of aromatic nitrogens is 3. The summed E-state index contributed by atoms with van der Waals surface area (Å²) in [6, 6.07) is 12.0. The Morgan fingerprint density at radius 3 is 2.85 bits per heavy atom. The van der Waals surface area contributed by atoms with Gasteiger partial charge in [-0.2, -0.15) is 0 Å². The number of hydrogen-bond donors (Lipinski definition) is 1. The lowest BCUT2D eigenvalue weighted by atomic mass is 10.2. The van der Waals surface area contributed by atoms with Gasteiger partial charge in [-0.3, -0.25) is 4.98 Å². The molecule has 0 fully saturated rings. The van der Waals surface area contributed by atoms with E-state index in [1.54, 1.807) is 12.4 Å². The third-order valence-corrected chi connectivity index (χ3v) is 4.37. The van der Waals surface area contributed by atoms with Crippen molar-refractivity contribution in [1.29, 1.82) is 0 Å². The molecule has 1 unspecified atom stereocenters. The fraction of sp³-hybridized carbons (Fsp3) is 0.227. The number of nitrogens with one attached hydrogen (secondary N) is 1. The lowest BCUT2D eigenvalue weighted by Gasteiger charge is -2.18. The van der Waals surface area contributed by atoms with E-state index in [0.717, 1.165) is 40.9 Å². The molecule has 0 radical (unpaired) electrons. The summed E-state index contributed by atoms with van der Waals surface area (Å²) in [5.41, 5.74) is 1.80. The molecule has 0 bridgehead atoms. The second kappa shape index (κ2) is 7.99. The van der Waals surface area contributed by atoms with E-state index in [-0.39, 0.29) is 6.04 Å². The van der Waals surface area contributed by atoms with E-state index < -0.39 is 0 Å². The minimum Gasteiger partial charge on any atom is -0.492 e. The number of rotatable bonds is 6. The summed E-state index contributed by atoms with van der Waals surface area (Å²) in [4.78, 5) is 13.6. The third kappa shape index (κ3) is 4.14. The highest BCUT2D eigenvalue weighted by molar-refractivity contribution is 5.90. The molecular formula is C22H22N4O. The molecule has 0 amide bonds. The molecule has 5 heteroatoms. The van der Waals surface area contributed by atoms with Crippen LogP contribution in [-0.2, 0) is 4.74 Å². The molecule has 3 aromatic rings. The predicted molar refractivity (Wildman–Crippen MR) is 108 cm³/mol. The molecular weight excluding hydrogens is 336 g/mol. The second-order valence-corrected chi connectivity index (χ2v) is 6.60. The first-order valence-electron chi connectivity index (χ1n) is 9.23. The standard InChI is InChI=1S/C22H22N4O/c1-16(15-27-18-9-3-2-4-10-18)24-22-19-11-5-6-12-20(19)25-21(26-22)17-8-7-13-23-14-17/h3,5-14,16H,2,4,15H2,1H3,(H,24,25,26).